The van der Waals surface area contributed by atoms with Crippen molar-refractivity contribution in [1.29, 1.82) is 0 Å². The highest BCUT2D eigenvalue weighted by atomic mass is 32.1. The molecule has 1 aliphatic carbocycles. The van der Waals surface area contributed by atoms with Gasteiger partial charge in [-0.3, -0.25) is 10.1 Å². The Morgan fingerprint density at radius 3 is 2.70 bits per heavy atom. The second-order valence-electron chi connectivity index (χ2n) is 6.17. The molecule has 4 heteroatoms. The average molecular weight is 292 g/mol. The smallest absolute Gasteiger partial charge is 0.238 e. The summed E-state index contributed by atoms with van der Waals surface area (Å²) in [6.45, 7) is 4.85. The van der Waals surface area contributed by atoms with E-state index in [0.717, 1.165) is 0 Å². The van der Waals surface area contributed by atoms with E-state index in [1.165, 1.54) is 41.9 Å². The zero-order valence-electron chi connectivity index (χ0n) is 12.4. The first-order valence-electron chi connectivity index (χ1n) is 7.77. The molecule has 1 saturated carbocycles. The van der Waals surface area contributed by atoms with E-state index >= 15 is 0 Å². The van der Waals surface area contributed by atoms with Gasteiger partial charge in [0.25, 0.3) is 0 Å². The van der Waals surface area contributed by atoms with Gasteiger partial charge in [-0.05, 0) is 44.7 Å². The molecule has 0 spiro atoms. The second kappa shape index (κ2) is 5.86. The molecule has 2 aliphatic rings. The molecular formula is C16H24N2OS. The maximum absolute atomic E-state index is 12.3. The summed E-state index contributed by atoms with van der Waals surface area (Å²) in [6, 6.07) is 4.66. The lowest BCUT2D eigenvalue weighted by atomic mass is 9.84. The average Bonchev–Trinajstić information content (AvgIpc) is 3.05. The van der Waals surface area contributed by atoms with Crippen LogP contribution in [0.2, 0.25) is 0 Å². The molecule has 20 heavy (non-hydrogen) atoms. The second-order valence-corrected chi connectivity index (χ2v) is 7.49. The first kappa shape index (κ1) is 14.1. The van der Waals surface area contributed by atoms with E-state index in [-0.39, 0.29) is 12.1 Å². The van der Waals surface area contributed by atoms with Crippen LogP contribution < -0.4 is 5.32 Å². The van der Waals surface area contributed by atoms with E-state index in [0.29, 0.717) is 18.5 Å². The monoisotopic (exact) mass is 292 g/mol. The van der Waals surface area contributed by atoms with Crippen LogP contribution in [0, 0.1) is 12.8 Å². The van der Waals surface area contributed by atoms with Gasteiger partial charge in [0.05, 0.1) is 6.54 Å². The van der Waals surface area contributed by atoms with E-state index in [4.69, 9.17) is 0 Å². The molecule has 0 aromatic carbocycles. The van der Waals surface area contributed by atoms with Gasteiger partial charge in [0.2, 0.25) is 5.91 Å². The Kier molecular flexibility index (Phi) is 4.13. The molecule has 3 rings (SSSR count). The number of thiophene rings is 1. The fraction of sp³-hybridized carbons (Fsp3) is 0.688. The van der Waals surface area contributed by atoms with Gasteiger partial charge in [-0.15, -0.1) is 11.3 Å². The van der Waals surface area contributed by atoms with Crippen LogP contribution in [0.5, 0.6) is 0 Å². The largest absolute Gasteiger partial charge is 0.318 e. The third-order valence-corrected chi connectivity index (χ3v) is 5.87. The van der Waals surface area contributed by atoms with Crippen molar-refractivity contribution in [2.45, 2.75) is 58.2 Å². The highest BCUT2D eigenvalue weighted by Crippen LogP contribution is 2.35. The van der Waals surface area contributed by atoms with Gasteiger partial charge < -0.3 is 4.90 Å². The molecular weight excluding hydrogens is 268 g/mol. The minimum atomic E-state index is 0.0955. The number of nitrogens with one attached hydrogen (secondary N) is 1. The molecule has 1 amide bonds. The van der Waals surface area contributed by atoms with Crippen LogP contribution in [0.3, 0.4) is 0 Å². The van der Waals surface area contributed by atoms with Crippen molar-refractivity contribution in [3.8, 4) is 0 Å². The molecule has 1 aliphatic heterocycles. The summed E-state index contributed by atoms with van der Waals surface area (Å²) < 4.78 is 0. The minimum Gasteiger partial charge on any atom is -0.318 e. The lowest BCUT2D eigenvalue weighted by Gasteiger charge is -2.37. The number of carbonyl (C=O) groups excluding carboxylic acids is 1. The number of rotatable bonds is 3. The van der Waals surface area contributed by atoms with Crippen LogP contribution in [0.15, 0.2) is 12.1 Å². The molecule has 2 unspecified atom stereocenters. The Morgan fingerprint density at radius 2 is 2.05 bits per heavy atom. The Bertz CT molecular complexity index is 479. The third-order valence-electron chi connectivity index (χ3n) is 4.81. The Labute approximate surface area is 125 Å². The van der Waals surface area contributed by atoms with E-state index in [1.807, 2.05) is 0 Å². The lowest BCUT2D eigenvalue weighted by Crippen LogP contribution is -2.42. The number of amides is 1. The van der Waals surface area contributed by atoms with Crippen LogP contribution in [-0.2, 0) is 4.79 Å². The van der Waals surface area contributed by atoms with Crippen LogP contribution in [0.25, 0.3) is 0 Å². The standard InChI is InChI=1S/C16H24N2OS/c1-11-8-9-14(20-11)16-17-10-15(19)18(16)12(2)13-6-4-3-5-7-13/h8-9,12-13,16-17H,3-7,10H2,1-2H3. The summed E-state index contributed by atoms with van der Waals surface area (Å²) in [5.41, 5.74) is 0. The highest BCUT2D eigenvalue weighted by molar-refractivity contribution is 7.12. The van der Waals surface area contributed by atoms with Gasteiger partial charge in [-0.25, -0.2) is 0 Å². The van der Waals surface area contributed by atoms with Gasteiger partial charge in [-0.1, -0.05) is 19.3 Å². The summed E-state index contributed by atoms with van der Waals surface area (Å²) >= 11 is 1.80. The number of hydrogen-bond acceptors (Lipinski definition) is 3. The molecule has 2 heterocycles. The van der Waals surface area contributed by atoms with Crippen molar-refractivity contribution >= 4 is 17.2 Å². The predicted molar refractivity (Wildman–Crippen MR) is 82.7 cm³/mol. The van der Waals surface area contributed by atoms with Crippen molar-refractivity contribution in [2.75, 3.05) is 6.54 Å². The van der Waals surface area contributed by atoms with Crippen LogP contribution >= 0.6 is 11.3 Å². The normalized spacial score (nSPS) is 26.2. The highest BCUT2D eigenvalue weighted by Gasteiger charge is 2.38. The summed E-state index contributed by atoms with van der Waals surface area (Å²) in [7, 11) is 0. The summed E-state index contributed by atoms with van der Waals surface area (Å²) in [6.07, 6.45) is 6.67. The van der Waals surface area contributed by atoms with Crippen molar-refractivity contribution in [1.82, 2.24) is 10.2 Å². The van der Waals surface area contributed by atoms with Gasteiger partial charge in [-0.2, -0.15) is 0 Å². The van der Waals surface area contributed by atoms with Gasteiger partial charge >= 0.3 is 0 Å². The molecule has 0 bridgehead atoms. The van der Waals surface area contributed by atoms with E-state index in [2.05, 4.69) is 36.2 Å². The number of aryl methyl sites for hydroxylation is 1. The Balaban J connectivity index is 1.79. The quantitative estimate of drug-likeness (QED) is 0.925. The number of carbonyl (C=O) groups is 1. The van der Waals surface area contributed by atoms with Crippen LogP contribution in [0.1, 0.15) is 54.9 Å². The maximum Gasteiger partial charge on any atom is 0.238 e. The molecule has 2 atom stereocenters. The fourth-order valence-electron chi connectivity index (χ4n) is 3.66. The fourth-order valence-corrected chi connectivity index (χ4v) is 4.61. The first-order valence-corrected chi connectivity index (χ1v) is 8.59. The molecule has 1 N–H and O–H groups in total. The van der Waals surface area contributed by atoms with Crippen LogP contribution in [0.4, 0.5) is 0 Å². The third kappa shape index (κ3) is 2.63. The minimum absolute atomic E-state index is 0.0955. The first-order chi connectivity index (χ1) is 9.66. The Morgan fingerprint density at radius 1 is 1.30 bits per heavy atom. The van der Waals surface area contributed by atoms with Crippen molar-refractivity contribution in [3.63, 3.8) is 0 Å². The summed E-state index contributed by atoms with van der Waals surface area (Å²) in [4.78, 5) is 17.0. The van der Waals surface area contributed by atoms with Gasteiger partial charge in [0.15, 0.2) is 0 Å². The molecule has 3 nitrogen and oxygen atoms in total. The molecule has 1 aromatic heterocycles. The van der Waals surface area contributed by atoms with E-state index in [9.17, 15) is 4.79 Å². The number of nitrogens with zero attached hydrogens (tertiary/aromatic N) is 1. The van der Waals surface area contributed by atoms with E-state index in [1.54, 1.807) is 11.3 Å². The Hall–Kier alpha value is -0.870. The van der Waals surface area contributed by atoms with Gasteiger partial charge in [0.1, 0.15) is 6.17 Å². The zero-order chi connectivity index (χ0) is 14.1. The van der Waals surface area contributed by atoms with Crippen molar-refractivity contribution in [3.05, 3.63) is 21.9 Å². The van der Waals surface area contributed by atoms with Crippen molar-refractivity contribution < 1.29 is 4.79 Å². The maximum atomic E-state index is 12.3. The molecule has 110 valence electrons. The lowest BCUT2D eigenvalue weighted by molar-refractivity contribution is -0.131. The summed E-state index contributed by atoms with van der Waals surface area (Å²) in [5, 5.41) is 3.39. The topological polar surface area (TPSA) is 32.3 Å². The van der Waals surface area contributed by atoms with Crippen molar-refractivity contribution in [2.24, 2.45) is 5.92 Å². The SMILES string of the molecule is Cc1ccc(C2NCC(=O)N2C(C)C2CCCCC2)s1. The van der Waals surface area contributed by atoms with Crippen LogP contribution in [-0.4, -0.2) is 23.4 Å². The zero-order valence-corrected chi connectivity index (χ0v) is 13.2. The number of hydrogen-bond donors (Lipinski definition) is 1. The van der Waals surface area contributed by atoms with E-state index < -0.39 is 0 Å². The molecule has 1 aromatic rings. The predicted octanol–water partition coefficient (Wildman–Crippen LogP) is 3.46. The molecule has 2 fully saturated rings. The molecule has 1 saturated heterocycles. The van der Waals surface area contributed by atoms with Gasteiger partial charge in [0, 0.05) is 15.8 Å². The molecule has 0 radical (unpaired) electrons. The summed E-state index contributed by atoms with van der Waals surface area (Å²) in [5.74, 6) is 0.940.